The molecule has 1 heterocycles. The fraction of sp³-hybridized carbons (Fsp3) is 0.273. The molecule has 3 rings (SSSR count). The summed E-state index contributed by atoms with van der Waals surface area (Å²) < 4.78 is 0. The molecule has 0 aliphatic carbocycles. The van der Waals surface area contributed by atoms with Crippen molar-refractivity contribution in [3.63, 3.8) is 0 Å². The van der Waals surface area contributed by atoms with Gasteiger partial charge in [-0.1, -0.05) is 6.07 Å². The lowest BCUT2D eigenvalue weighted by Gasteiger charge is -2.09. The van der Waals surface area contributed by atoms with Crippen molar-refractivity contribution in [2.75, 3.05) is 6.54 Å². The molecular weight excluding hydrogens is 324 g/mol. The Morgan fingerprint density at radius 1 is 0.923 bits per heavy atom. The fourth-order valence-corrected chi connectivity index (χ4v) is 3.00. The SMILES string of the molecule is Cc1ccc(C(=O)NCCc2cc3cc(C)c(C)cc3[nH]c2=O)cc1C. The van der Waals surface area contributed by atoms with Crippen molar-refractivity contribution in [1.29, 1.82) is 0 Å². The summed E-state index contributed by atoms with van der Waals surface area (Å²) in [4.78, 5) is 27.5. The van der Waals surface area contributed by atoms with Gasteiger partial charge in [0.1, 0.15) is 0 Å². The van der Waals surface area contributed by atoms with Crippen molar-refractivity contribution in [3.8, 4) is 0 Å². The molecule has 4 nitrogen and oxygen atoms in total. The lowest BCUT2D eigenvalue weighted by Crippen LogP contribution is -2.27. The minimum absolute atomic E-state index is 0.0961. The van der Waals surface area contributed by atoms with E-state index in [0.29, 0.717) is 24.1 Å². The summed E-state index contributed by atoms with van der Waals surface area (Å²) in [7, 11) is 0. The quantitative estimate of drug-likeness (QED) is 0.754. The summed E-state index contributed by atoms with van der Waals surface area (Å²) in [6.45, 7) is 8.52. The number of aromatic nitrogens is 1. The highest BCUT2D eigenvalue weighted by molar-refractivity contribution is 5.94. The van der Waals surface area contributed by atoms with Gasteiger partial charge in [-0.15, -0.1) is 0 Å². The molecule has 134 valence electrons. The van der Waals surface area contributed by atoms with Crippen LogP contribution in [0.25, 0.3) is 10.9 Å². The molecule has 0 aliphatic heterocycles. The van der Waals surface area contributed by atoms with Gasteiger partial charge in [0, 0.05) is 23.2 Å². The molecule has 0 aliphatic rings. The summed E-state index contributed by atoms with van der Waals surface area (Å²) in [6.07, 6.45) is 0.495. The largest absolute Gasteiger partial charge is 0.352 e. The van der Waals surface area contributed by atoms with Crippen molar-refractivity contribution in [3.05, 3.63) is 80.1 Å². The third kappa shape index (κ3) is 3.69. The van der Waals surface area contributed by atoms with Crippen molar-refractivity contribution in [1.82, 2.24) is 10.3 Å². The van der Waals surface area contributed by atoms with E-state index in [1.54, 1.807) is 0 Å². The number of carbonyl (C=O) groups is 1. The van der Waals surface area contributed by atoms with Crippen LogP contribution in [-0.2, 0) is 6.42 Å². The molecule has 0 bridgehead atoms. The molecule has 0 fully saturated rings. The molecule has 2 aromatic carbocycles. The zero-order chi connectivity index (χ0) is 18.8. The molecule has 3 aromatic rings. The monoisotopic (exact) mass is 348 g/mol. The highest BCUT2D eigenvalue weighted by Gasteiger charge is 2.08. The predicted octanol–water partition coefficient (Wildman–Crippen LogP) is 3.73. The summed E-state index contributed by atoms with van der Waals surface area (Å²) in [5.74, 6) is -0.114. The van der Waals surface area contributed by atoms with Gasteiger partial charge in [0.15, 0.2) is 0 Å². The maximum atomic E-state index is 12.3. The first-order valence-electron chi connectivity index (χ1n) is 8.84. The molecule has 4 heteroatoms. The Labute approximate surface area is 153 Å². The Morgan fingerprint density at radius 3 is 2.35 bits per heavy atom. The highest BCUT2D eigenvalue weighted by atomic mass is 16.1. The van der Waals surface area contributed by atoms with Gasteiger partial charge in [-0.05, 0) is 92.1 Å². The first-order chi connectivity index (χ1) is 12.3. The average molecular weight is 348 g/mol. The third-order valence-corrected chi connectivity index (χ3v) is 4.98. The van der Waals surface area contributed by atoms with Crippen LogP contribution in [0.1, 0.15) is 38.2 Å². The molecule has 26 heavy (non-hydrogen) atoms. The number of hydrogen-bond donors (Lipinski definition) is 2. The van der Waals surface area contributed by atoms with Crippen LogP contribution in [0.5, 0.6) is 0 Å². The zero-order valence-electron chi connectivity index (χ0n) is 15.7. The number of H-pyrrole nitrogens is 1. The normalized spacial score (nSPS) is 10.9. The Balaban J connectivity index is 1.72. The fourth-order valence-electron chi connectivity index (χ4n) is 3.00. The molecule has 0 saturated carbocycles. The van der Waals surface area contributed by atoms with Crippen LogP contribution in [0, 0.1) is 27.7 Å². The minimum atomic E-state index is -0.114. The first-order valence-corrected chi connectivity index (χ1v) is 8.84. The number of pyridine rings is 1. The number of aryl methyl sites for hydroxylation is 4. The highest BCUT2D eigenvalue weighted by Crippen LogP contribution is 2.17. The summed E-state index contributed by atoms with van der Waals surface area (Å²) in [5.41, 5.74) is 6.68. The molecule has 1 amide bonds. The second kappa shape index (κ2) is 7.16. The maximum absolute atomic E-state index is 12.3. The van der Waals surface area contributed by atoms with Gasteiger partial charge in [-0.25, -0.2) is 0 Å². The number of carbonyl (C=O) groups excluding carboxylic acids is 1. The number of nitrogens with one attached hydrogen (secondary N) is 2. The van der Waals surface area contributed by atoms with Crippen molar-refractivity contribution >= 4 is 16.8 Å². The van der Waals surface area contributed by atoms with E-state index in [1.165, 1.54) is 5.56 Å². The molecular formula is C22H24N2O2. The van der Waals surface area contributed by atoms with E-state index in [1.807, 2.05) is 51.1 Å². The smallest absolute Gasteiger partial charge is 0.251 e. The van der Waals surface area contributed by atoms with Gasteiger partial charge < -0.3 is 10.3 Å². The average Bonchev–Trinajstić information content (AvgIpc) is 2.59. The van der Waals surface area contributed by atoms with Crippen LogP contribution in [0.15, 0.2) is 41.2 Å². The topological polar surface area (TPSA) is 62.0 Å². The van der Waals surface area contributed by atoms with E-state index in [4.69, 9.17) is 0 Å². The van der Waals surface area contributed by atoms with E-state index in [0.717, 1.165) is 27.6 Å². The molecule has 0 spiro atoms. The molecule has 2 N–H and O–H groups in total. The van der Waals surface area contributed by atoms with Gasteiger partial charge in [0.05, 0.1) is 0 Å². The minimum Gasteiger partial charge on any atom is -0.352 e. The van der Waals surface area contributed by atoms with Crippen molar-refractivity contribution in [2.45, 2.75) is 34.1 Å². The Morgan fingerprint density at radius 2 is 1.62 bits per heavy atom. The van der Waals surface area contributed by atoms with Crippen LogP contribution in [0.4, 0.5) is 0 Å². The number of aromatic amines is 1. The molecule has 0 unspecified atom stereocenters. The van der Waals surface area contributed by atoms with Gasteiger partial charge in [-0.3, -0.25) is 9.59 Å². The number of hydrogen-bond acceptors (Lipinski definition) is 2. The van der Waals surface area contributed by atoms with Gasteiger partial charge in [-0.2, -0.15) is 0 Å². The van der Waals surface area contributed by atoms with E-state index in [-0.39, 0.29) is 11.5 Å². The Bertz CT molecular complexity index is 1050. The van der Waals surface area contributed by atoms with E-state index < -0.39 is 0 Å². The molecule has 0 saturated heterocycles. The number of amides is 1. The van der Waals surface area contributed by atoms with Crippen LogP contribution in [-0.4, -0.2) is 17.4 Å². The number of fused-ring (bicyclic) bond motifs is 1. The van der Waals surface area contributed by atoms with Crippen molar-refractivity contribution in [2.24, 2.45) is 0 Å². The second-order valence-corrected chi connectivity index (χ2v) is 6.95. The summed E-state index contributed by atoms with van der Waals surface area (Å²) in [5, 5.41) is 3.92. The zero-order valence-corrected chi connectivity index (χ0v) is 15.7. The van der Waals surface area contributed by atoms with Crippen LogP contribution in [0.2, 0.25) is 0 Å². The predicted molar refractivity (Wildman–Crippen MR) is 106 cm³/mol. The van der Waals surface area contributed by atoms with E-state index in [9.17, 15) is 9.59 Å². The van der Waals surface area contributed by atoms with E-state index in [2.05, 4.69) is 23.3 Å². The number of rotatable bonds is 4. The van der Waals surface area contributed by atoms with Crippen LogP contribution >= 0.6 is 0 Å². The van der Waals surface area contributed by atoms with Gasteiger partial charge in [0.25, 0.3) is 11.5 Å². The van der Waals surface area contributed by atoms with Gasteiger partial charge in [0.2, 0.25) is 0 Å². The van der Waals surface area contributed by atoms with Crippen LogP contribution in [0.3, 0.4) is 0 Å². The maximum Gasteiger partial charge on any atom is 0.251 e. The third-order valence-electron chi connectivity index (χ3n) is 4.98. The lowest BCUT2D eigenvalue weighted by atomic mass is 10.0. The lowest BCUT2D eigenvalue weighted by molar-refractivity contribution is 0.0954. The Kier molecular flexibility index (Phi) is 4.94. The second-order valence-electron chi connectivity index (χ2n) is 6.95. The molecule has 0 atom stereocenters. The molecule has 1 aromatic heterocycles. The first kappa shape index (κ1) is 17.9. The Hall–Kier alpha value is -2.88. The van der Waals surface area contributed by atoms with Gasteiger partial charge >= 0.3 is 0 Å². The summed E-state index contributed by atoms with van der Waals surface area (Å²) >= 11 is 0. The van der Waals surface area contributed by atoms with Crippen LogP contribution < -0.4 is 10.9 Å². The summed E-state index contributed by atoms with van der Waals surface area (Å²) in [6, 6.07) is 11.7. The van der Waals surface area contributed by atoms with E-state index >= 15 is 0 Å². The molecule has 0 radical (unpaired) electrons. The standard InChI is InChI=1S/C22H24N2O2/c1-13-5-6-17(9-14(13)2)21(25)23-8-7-18-12-19-10-15(3)16(4)11-20(19)24-22(18)26/h5-6,9-12H,7-8H2,1-4H3,(H,23,25)(H,24,26). The number of benzene rings is 2. The van der Waals surface area contributed by atoms with Crippen molar-refractivity contribution < 1.29 is 4.79 Å².